The van der Waals surface area contributed by atoms with E-state index in [1.54, 1.807) is 24.4 Å². The highest BCUT2D eigenvalue weighted by molar-refractivity contribution is 5.95. The molecule has 0 saturated heterocycles. The third-order valence-electron chi connectivity index (χ3n) is 3.64. The molecule has 8 nitrogen and oxygen atoms in total. The van der Waals surface area contributed by atoms with Gasteiger partial charge in [0.05, 0.1) is 18.7 Å². The molecular formula is C17H21N3O5. The molecule has 0 aliphatic heterocycles. The number of carbonyl (C=O) groups excluding carboxylic acids is 1. The minimum atomic E-state index is -0.999. The molecule has 0 aromatic carbocycles. The molecule has 134 valence electrons. The van der Waals surface area contributed by atoms with Crippen molar-refractivity contribution in [2.75, 3.05) is 19.7 Å². The van der Waals surface area contributed by atoms with E-state index in [2.05, 4.69) is 5.32 Å². The minimum Gasteiger partial charge on any atom is -0.492 e. The SMILES string of the molecule is CC(CNC(=O)c1cc(=O)n2cc(OCCCN)ccc2c1)C(=O)O. The van der Waals surface area contributed by atoms with Crippen LogP contribution in [-0.2, 0) is 4.79 Å². The van der Waals surface area contributed by atoms with Gasteiger partial charge in [-0.2, -0.15) is 0 Å². The van der Waals surface area contributed by atoms with Gasteiger partial charge in [-0.1, -0.05) is 6.92 Å². The van der Waals surface area contributed by atoms with Gasteiger partial charge in [-0.25, -0.2) is 0 Å². The minimum absolute atomic E-state index is 0.0124. The number of aromatic nitrogens is 1. The maximum absolute atomic E-state index is 12.2. The molecule has 0 aliphatic carbocycles. The summed E-state index contributed by atoms with van der Waals surface area (Å²) < 4.78 is 6.88. The molecule has 2 aromatic rings. The molecule has 0 saturated carbocycles. The highest BCUT2D eigenvalue weighted by Crippen LogP contribution is 2.13. The van der Waals surface area contributed by atoms with Crippen LogP contribution in [0.1, 0.15) is 23.7 Å². The third kappa shape index (κ3) is 4.80. The first kappa shape index (κ1) is 18.5. The van der Waals surface area contributed by atoms with Gasteiger partial charge in [0.1, 0.15) is 5.75 Å². The number of nitrogens with zero attached hydrogens (tertiary/aromatic N) is 1. The summed E-state index contributed by atoms with van der Waals surface area (Å²) in [6, 6.07) is 6.15. The van der Waals surface area contributed by atoms with E-state index < -0.39 is 17.8 Å². The van der Waals surface area contributed by atoms with Crippen LogP contribution in [0.3, 0.4) is 0 Å². The molecule has 0 aliphatic rings. The van der Waals surface area contributed by atoms with Gasteiger partial charge >= 0.3 is 5.97 Å². The summed E-state index contributed by atoms with van der Waals surface area (Å²) in [5.74, 6) is -1.66. The number of hydrogen-bond acceptors (Lipinski definition) is 5. The number of rotatable bonds is 8. The van der Waals surface area contributed by atoms with Gasteiger partial charge in [-0.15, -0.1) is 0 Å². The number of nitrogens with one attached hydrogen (secondary N) is 1. The van der Waals surface area contributed by atoms with E-state index in [0.29, 0.717) is 30.8 Å². The summed E-state index contributed by atoms with van der Waals surface area (Å²) in [5, 5.41) is 11.3. The third-order valence-corrected chi connectivity index (χ3v) is 3.64. The lowest BCUT2D eigenvalue weighted by molar-refractivity contribution is -0.140. The smallest absolute Gasteiger partial charge is 0.308 e. The zero-order valence-electron chi connectivity index (χ0n) is 13.9. The zero-order chi connectivity index (χ0) is 18.4. The van der Waals surface area contributed by atoms with Gasteiger partial charge < -0.3 is 20.9 Å². The average Bonchev–Trinajstić information content (AvgIpc) is 2.59. The first-order valence-corrected chi connectivity index (χ1v) is 7.92. The van der Waals surface area contributed by atoms with Gasteiger partial charge in [0.15, 0.2) is 0 Å². The van der Waals surface area contributed by atoms with E-state index in [-0.39, 0.29) is 17.7 Å². The fourth-order valence-corrected chi connectivity index (χ4v) is 2.13. The van der Waals surface area contributed by atoms with Crippen molar-refractivity contribution in [3.63, 3.8) is 0 Å². The van der Waals surface area contributed by atoms with Crippen molar-refractivity contribution in [3.8, 4) is 5.75 Å². The Morgan fingerprint density at radius 2 is 2.12 bits per heavy atom. The van der Waals surface area contributed by atoms with E-state index in [9.17, 15) is 14.4 Å². The normalized spacial score (nSPS) is 11.9. The Labute approximate surface area is 144 Å². The largest absolute Gasteiger partial charge is 0.492 e. The number of carboxylic acids is 1. The van der Waals surface area contributed by atoms with Crippen LogP contribution in [0, 0.1) is 5.92 Å². The summed E-state index contributed by atoms with van der Waals surface area (Å²) in [5.41, 5.74) is 5.75. The Balaban J connectivity index is 2.18. The molecule has 0 bridgehead atoms. The topological polar surface area (TPSA) is 123 Å². The van der Waals surface area contributed by atoms with Gasteiger partial charge in [0.25, 0.3) is 11.5 Å². The number of aliphatic carboxylic acids is 1. The van der Waals surface area contributed by atoms with Crippen molar-refractivity contribution in [1.82, 2.24) is 9.72 Å². The fourth-order valence-electron chi connectivity index (χ4n) is 2.13. The maximum atomic E-state index is 12.2. The number of fused-ring (bicyclic) bond motifs is 1. The number of amides is 1. The van der Waals surface area contributed by atoms with Crippen molar-refractivity contribution in [2.45, 2.75) is 13.3 Å². The van der Waals surface area contributed by atoms with Gasteiger partial charge in [0, 0.05) is 23.7 Å². The maximum Gasteiger partial charge on any atom is 0.308 e. The summed E-state index contributed by atoms with van der Waals surface area (Å²) in [4.78, 5) is 35.1. The Morgan fingerprint density at radius 3 is 2.80 bits per heavy atom. The van der Waals surface area contributed by atoms with Crippen LogP contribution in [0.4, 0.5) is 0 Å². The molecule has 0 radical (unpaired) electrons. The van der Waals surface area contributed by atoms with E-state index in [0.717, 1.165) is 0 Å². The number of pyridine rings is 2. The summed E-state index contributed by atoms with van der Waals surface area (Å²) in [6.07, 6.45) is 2.27. The summed E-state index contributed by atoms with van der Waals surface area (Å²) >= 11 is 0. The van der Waals surface area contributed by atoms with Crippen LogP contribution in [0.15, 0.2) is 35.3 Å². The number of ether oxygens (including phenoxy) is 1. The predicted octanol–water partition coefficient (Wildman–Crippen LogP) is 0.478. The molecule has 2 aromatic heterocycles. The van der Waals surface area contributed by atoms with Crippen LogP contribution in [0.25, 0.3) is 5.52 Å². The standard InChI is InChI=1S/C17H21N3O5/c1-11(17(23)24)9-19-16(22)12-7-13-3-4-14(25-6-2-5-18)10-20(13)15(21)8-12/h3-4,7-8,10-11H,2,5-6,9,18H2,1H3,(H,19,22)(H,23,24). The quantitative estimate of drug-likeness (QED) is 0.597. The molecule has 2 rings (SSSR count). The second kappa shape index (κ2) is 8.29. The van der Waals surface area contributed by atoms with Crippen LogP contribution in [0.2, 0.25) is 0 Å². The number of carboxylic acid groups (broad SMARTS) is 1. The second-order valence-electron chi connectivity index (χ2n) is 5.68. The Bertz CT molecular complexity index is 831. The van der Waals surface area contributed by atoms with Crippen LogP contribution < -0.4 is 21.3 Å². The molecule has 25 heavy (non-hydrogen) atoms. The van der Waals surface area contributed by atoms with Crippen LogP contribution in [-0.4, -0.2) is 41.1 Å². The van der Waals surface area contributed by atoms with E-state index in [1.807, 2.05) is 0 Å². The van der Waals surface area contributed by atoms with Crippen LogP contribution >= 0.6 is 0 Å². The number of carbonyl (C=O) groups is 2. The fraction of sp³-hybridized carbons (Fsp3) is 0.353. The lowest BCUT2D eigenvalue weighted by atomic mass is 10.1. The number of nitrogens with two attached hydrogens (primary N) is 1. The first-order chi connectivity index (χ1) is 11.9. The van der Waals surface area contributed by atoms with Crippen LogP contribution in [0.5, 0.6) is 5.75 Å². The number of hydrogen-bond donors (Lipinski definition) is 3. The second-order valence-corrected chi connectivity index (χ2v) is 5.68. The zero-order valence-corrected chi connectivity index (χ0v) is 13.9. The molecule has 4 N–H and O–H groups in total. The summed E-state index contributed by atoms with van der Waals surface area (Å²) in [7, 11) is 0. The van der Waals surface area contributed by atoms with Crippen molar-refractivity contribution in [1.29, 1.82) is 0 Å². The monoisotopic (exact) mass is 347 g/mol. The van der Waals surface area contributed by atoms with Crippen molar-refractivity contribution in [3.05, 3.63) is 46.4 Å². The van der Waals surface area contributed by atoms with E-state index in [1.165, 1.54) is 17.4 Å². The summed E-state index contributed by atoms with van der Waals surface area (Å²) in [6.45, 7) is 2.46. The highest BCUT2D eigenvalue weighted by atomic mass is 16.5. The molecule has 0 fully saturated rings. The van der Waals surface area contributed by atoms with Gasteiger partial charge in [-0.05, 0) is 31.2 Å². The van der Waals surface area contributed by atoms with Crippen molar-refractivity contribution >= 4 is 17.4 Å². The highest BCUT2D eigenvalue weighted by Gasteiger charge is 2.14. The van der Waals surface area contributed by atoms with Gasteiger partial charge in [0.2, 0.25) is 0 Å². The van der Waals surface area contributed by atoms with E-state index in [4.69, 9.17) is 15.6 Å². The Hall–Kier alpha value is -2.87. The Kier molecular flexibility index (Phi) is 6.13. The lowest BCUT2D eigenvalue weighted by Gasteiger charge is -2.10. The lowest BCUT2D eigenvalue weighted by Crippen LogP contribution is -2.32. The molecule has 1 amide bonds. The molecule has 8 heteroatoms. The molecule has 1 unspecified atom stereocenters. The molecule has 1 atom stereocenters. The average molecular weight is 347 g/mol. The molecule has 0 spiro atoms. The predicted molar refractivity (Wildman–Crippen MR) is 92.0 cm³/mol. The first-order valence-electron chi connectivity index (χ1n) is 7.92. The van der Waals surface area contributed by atoms with Crippen molar-refractivity contribution < 1.29 is 19.4 Å². The Morgan fingerprint density at radius 1 is 1.36 bits per heavy atom. The molecule has 2 heterocycles. The van der Waals surface area contributed by atoms with Gasteiger partial charge in [-0.3, -0.25) is 18.8 Å². The van der Waals surface area contributed by atoms with E-state index >= 15 is 0 Å². The van der Waals surface area contributed by atoms with Crippen molar-refractivity contribution in [2.24, 2.45) is 11.7 Å². The molecular weight excluding hydrogens is 326 g/mol.